The molecule has 2 aromatic carbocycles. The SMILES string of the molecule is CC(C)OC(=O)[C@@H](C)N[P@](=O)(OC[C@H]1O[C@@H](n2cc(Cl)c(N)nc2=O)[C@](C)(O)[C@@H]1O)Oc1cccc2ccccc12. The summed E-state index contributed by atoms with van der Waals surface area (Å²) in [4.78, 5) is 28.6. The van der Waals surface area contributed by atoms with Crippen LogP contribution in [0.5, 0.6) is 5.75 Å². The van der Waals surface area contributed by atoms with E-state index in [-0.39, 0.29) is 16.6 Å². The van der Waals surface area contributed by atoms with Crippen LogP contribution in [0.3, 0.4) is 0 Å². The van der Waals surface area contributed by atoms with Crippen LogP contribution in [0, 0.1) is 0 Å². The predicted molar refractivity (Wildman–Crippen MR) is 150 cm³/mol. The maximum absolute atomic E-state index is 14.1. The van der Waals surface area contributed by atoms with Gasteiger partial charge in [0, 0.05) is 11.6 Å². The number of hydrogen-bond donors (Lipinski definition) is 4. The highest BCUT2D eigenvalue weighted by molar-refractivity contribution is 7.52. The Bertz CT molecular complexity index is 1530. The van der Waals surface area contributed by atoms with Gasteiger partial charge in [0.1, 0.15) is 35.4 Å². The summed E-state index contributed by atoms with van der Waals surface area (Å²) in [6.07, 6.45) is -3.67. The molecule has 15 heteroatoms. The second-order valence-corrected chi connectivity index (χ2v) is 12.2. The Balaban J connectivity index is 1.60. The molecule has 2 heterocycles. The molecule has 13 nitrogen and oxygen atoms in total. The first-order valence-electron chi connectivity index (χ1n) is 12.7. The molecule has 5 N–H and O–H groups in total. The lowest BCUT2D eigenvalue weighted by Crippen LogP contribution is -2.46. The highest BCUT2D eigenvalue weighted by atomic mass is 35.5. The van der Waals surface area contributed by atoms with E-state index in [4.69, 9.17) is 35.9 Å². The van der Waals surface area contributed by atoms with Gasteiger partial charge in [0.15, 0.2) is 6.23 Å². The molecule has 0 unspecified atom stereocenters. The van der Waals surface area contributed by atoms with Crippen LogP contribution in [0.2, 0.25) is 5.02 Å². The molecular weight excluding hydrogens is 579 g/mol. The highest BCUT2D eigenvalue weighted by Gasteiger charge is 2.54. The van der Waals surface area contributed by atoms with Crippen molar-refractivity contribution in [2.75, 3.05) is 12.3 Å². The van der Waals surface area contributed by atoms with Gasteiger partial charge in [-0.1, -0.05) is 48.0 Å². The van der Waals surface area contributed by atoms with Gasteiger partial charge in [-0.15, -0.1) is 0 Å². The molecule has 6 atom stereocenters. The highest BCUT2D eigenvalue weighted by Crippen LogP contribution is 2.48. The number of halogens is 1. The number of benzene rings is 2. The van der Waals surface area contributed by atoms with Crippen LogP contribution < -0.4 is 21.0 Å². The molecule has 1 aliphatic heterocycles. The number of rotatable bonds is 10. The number of ether oxygens (including phenoxy) is 2. The number of esters is 1. The van der Waals surface area contributed by atoms with Crippen LogP contribution in [0.1, 0.15) is 33.9 Å². The third kappa shape index (κ3) is 6.73. The lowest BCUT2D eigenvalue weighted by atomic mass is 9.96. The van der Waals surface area contributed by atoms with Crippen LogP contribution in [0.25, 0.3) is 10.8 Å². The summed E-state index contributed by atoms with van der Waals surface area (Å²) in [6.45, 7) is 5.43. The number of nitrogens with one attached hydrogen (secondary N) is 1. The molecular formula is C26H32ClN4O9P. The molecule has 1 aliphatic rings. The van der Waals surface area contributed by atoms with E-state index in [2.05, 4.69) is 10.1 Å². The number of aromatic nitrogens is 2. The Morgan fingerprint density at radius 2 is 1.95 bits per heavy atom. The zero-order valence-electron chi connectivity index (χ0n) is 22.8. The number of carbonyl (C=O) groups is 1. The molecule has 3 aromatic rings. The third-order valence-electron chi connectivity index (χ3n) is 6.38. The summed E-state index contributed by atoms with van der Waals surface area (Å²) >= 11 is 6.00. The quantitative estimate of drug-likeness (QED) is 0.195. The molecule has 0 bridgehead atoms. The van der Waals surface area contributed by atoms with Gasteiger partial charge in [-0.25, -0.2) is 9.36 Å². The van der Waals surface area contributed by atoms with E-state index >= 15 is 0 Å². The summed E-state index contributed by atoms with van der Waals surface area (Å²) < 4.78 is 37.5. The topological polar surface area (TPSA) is 184 Å². The lowest BCUT2D eigenvalue weighted by Gasteiger charge is -2.27. The summed E-state index contributed by atoms with van der Waals surface area (Å²) in [7, 11) is -4.38. The summed E-state index contributed by atoms with van der Waals surface area (Å²) in [5.74, 6) is -0.707. The number of aliphatic hydroxyl groups excluding tert-OH is 1. The summed E-state index contributed by atoms with van der Waals surface area (Å²) in [5.41, 5.74) is 2.67. The average molecular weight is 611 g/mol. The van der Waals surface area contributed by atoms with E-state index in [0.717, 1.165) is 16.2 Å². The van der Waals surface area contributed by atoms with E-state index in [9.17, 15) is 24.4 Å². The molecule has 1 saturated heterocycles. The third-order valence-corrected chi connectivity index (χ3v) is 8.30. The fourth-order valence-corrected chi connectivity index (χ4v) is 5.96. The van der Waals surface area contributed by atoms with Gasteiger partial charge in [-0.05, 0) is 39.1 Å². The van der Waals surface area contributed by atoms with E-state index in [1.807, 2.05) is 18.2 Å². The van der Waals surface area contributed by atoms with Gasteiger partial charge in [0.25, 0.3) is 0 Å². The van der Waals surface area contributed by atoms with Crippen molar-refractivity contribution in [2.45, 2.75) is 63.9 Å². The minimum atomic E-state index is -4.38. The van der Waals surface area contributed by atoms with E-state index in [1.165, 1.54) is 13.8 Å². The fraction of sp³-hybridized carbons (Fsp3) is 0.423. The van der Waals surface area contributed by atoms with Crippen molar-refractivity contribution < 1.29 is 38.1 Å². The molecule has 0 radical (unpaired) electrons. The van der Waals surface area contributed by atoms with E-state index < -0.39 is 62.2 Å². The van der Waals surface area contributed by atoms with Gasteiger partial charge in [0.05, 0.1) is 17.7 Å². The van der Waals surface area contributed by atoms with Crippen LogP contribution >= 0.6 is 19.3 Å². The van der Waals surface area contributed by atoms with E-state index in [1.54, 1.807) is 38.1 Å². The first-order chi connectivity index (χ1) is 19.2. The molecule has 1 aromatic heterocycles. The molecule has 1 fully saturated rings. The van der Waals surface area contributed by atoms with Gasteiger partial charge < -0.3 is 29.9 Å². The summed E-state index contributed by atoms with van der Waals surface area (Å²) in [6, 6.07) is 11.2. The van der Waals surface area contributed by atoms with Gasteiger partial charge in [0.2, 0.25) is 0 Å². The Morgan fingerprint density at radius 1 is 1.27 bits per heavy atom. The van der Waals surface area contributed by atoms with Crippen molar-refractivity contribution in [3.63, 3.8) is 0 Å². The molecule has 222 valence electrons. The zero-order valence-corrected chi connectivity index (χ0v) is 24.4. The minimum absolute atomic E-state index is 0.0716. The molecule has 41 heavy (non-hydrogen) atoms. The Hall–Kier alpha value is -3.03. The Labute approximate surface area is 240 Å². The molecule has 0 saturated carbocycles. The number of anilines is 1. The molecule has 4 rings (SSSR count). The summed E-state index contributed by atoms with van der Waals surface area (Å²) in [5, 5.41) is 25.9. The zero-order chi connectivity index (χ0) is 30.1. The van der Waals surface area contributed by atoms with Gasteiger partial charge in [-0.3, -0.25) is 13.9 Å². The lowest BCUT2D eigenvalue weighted by molar-refractivity contribution is -0.149. The smallest absolute Gasteiger partial charge is 0.459 e. The maximum Gasteiger partial charge on any atom is 0.459 e. The van der Waals surface area contributed by atoms with Gasteiger partial charge in [-0.2, -0.15) is 10.1 Å². The van der Waals surface area contributed by atoms with Crippen LogP contribution in [-0.4, -0.2) is 62.3 Å². The van der Waals surface area contributed by atoms with E-state index in [0.29, 0.717) is 5.39 Å². The number of nitrogen functional groups attached to an aromatic ring is 1. The van der Waals surface area contributed by atoms with Crippen LogP contribution in [-0.2, 0) is 23.4 Å². The van der Waals surface area contributed by atoms with Crippen LogP contribution in [0.15, 0.2) is 53.5 Å². The first kappa shape index (κ1) is 30.9. The number of fused-ring (bicyclic) bond motifs is 1. The predicted octanol–water partition coefficient (Wildman–Crippen LogP) is 2.77. The Morgan fingerprint density at radius 3 is 2.66 bits per heavy atom. The average Bonchev–Trinajstić information content (AvgIpc) is 3.13. The van der Waals surface area contributed by atoms with Crippen LogP contribution in [0.4, 0.5) is 5.82 Å². The van der Waals surface area contributed by atoms with Gasteiger partial charge >= 0.3 is 19.4 Å². The molecule has 0 amide bonds. The first-order valence-corrected chi connectivity index (χ1v) is 14.6. The second-order valence-electron chi connectivity index (χ2n) is 10.1. The largest absolute Gasteiger partial charge is 0.462 e. The normalized spacial score (nSPS) is 24.7. The fourth-order valence-electron chi connectivity index (χ4n) is 4.29. The second kappa shape index (κ2) is 12.1. The van der Waals surface area contributed by atoms with Crippen molar-refractivity contribution in [1.82, 2.24) is 14.6 Å². The molecule has 0 spiro atoms. The number of aliphatic hydroxyl groups is 2. The number of nitrogens with zero attached hydrogens (tertiary/aromatic N) is 2. The standard InChI is InChI=1S/C26H32ClN4O9P/c1-14(2)38-23(33)15(3)30-41(36,40-19-11-7-9-16-8-5-6-10-17(16)19)37-13-20-21(32)26(4,35)24(39-20)31-12-18(27)22(28)29-25(31)34/h5-12,14-15,20-21,24,32,35H,13H2,1-4H3,(H,30,36)(H2,28,29,34)/t15-,20-,21-,24-,26-,41+/m1/s1. The maximum atomic E-state index is 14.1. The van der Waals surface area contributed by atoms with Crippen molar-refractivity contribution in [3.05, 3.63) is 64.2 Å². The van der Waals surface area contributed by atoms with Crippen molar-refractivity contribution in [2.24, 2.45) is 0 Å². The number of carbonyl (C=O) groups excluding carboxylic acids is 1. The van der Waals surface area contributed by atoms with Crippen molar-refractivity contribution in [3.8, 4) is 5.75 Å². The monoisotopic (exact) mass is 610 g/mol. The number of nitrogens with two attached hydrogens (primary N) is 1. The number of hydrogen-bond acceptors (Lipinski definition) is 11. The Kier molecular flexibility index (Phi) is 9.10. The molecule has 0 aliphatic carbocycles. The minimum Gasteiger partial charge on any atom is -0.462 e. The van der Waals surface area contributed by atoms with Crippen molar-refractivity contribution in [1.29, 1.82) is 0 Å². The van der Waals surface area contributed by atoms with Crippen molar-refractivity contribution >= 4 is 41.9 Å².